The molecule has 0 aliphatic carbocycles. The Labute approximate surface area is 83.5 Å². The maximum atomic E-state index is 9.19. The summed E-state index contributed by atoms with van der Waals surface area (Å²) in [5.74, 6) is 6.59. The van der Waals surface area contributed by atoms with Crippen LogP contribution in [0.1, 0.15) is 12.0 Å². The minimum absolute atomic E-state index is 0.172. The third-order valence-corrected chi connectivity index (χ3v) is 1.68. The molecule has 0 saturated heterocycles. The number of hydrogen-bond donors (Lipinski definition) is 2. The number of ether oxygens (including phenoxy) is 1. The number of phenols is 1. The lowest BCUT2D eigenvalue weighted by Gasteiger charge is -2.02. The van der Waals surface area contributed by atoms with Crippen LogP contribution in [0.3, 0.4) is 0 Å². The molecule has 14 heavy (non-hydrogen) atoms. The molecule has 0 saturated carbocycles. The van der Waals surface area contributed by atoms with E-state index >= 15 is 0 Å². The third kappa shape index (κ3) is 2.68. The van der Waals surface area contributed by atoms with E-state index in [0.29, 0.717) is 18.7 Å². The number of aromatic hydroxyl groups is 1. The lowest BCUT2D eigenvalue weighted by Crippen LogP contribution is -1.95. The maximum Gasteiger partial charge on any atom is 0.138 e. The molecule has 0 amide bonds. The highest BCUT2D eigenvalue weighted by atomic mass is 16.5. The fourth-order valence-electron chi connectivity index (χ4n) is 1.01. The molecule has 1 aromatic carbocycles. The Balaban J connectivity index is 2.92. The van der Waals surface area contributed by atoms with Gasteiger partial charge >= 0.3 is 0 Å². The van der Waals surface area contributed by atoms with Gasteiger partial charge in [0.25, 0.3) is 0 Å². The van der Waals surface area contributed by atoms with Crippen LogP contribution in [-0.4, -0.2) is 18.8 Å². The summed E-state index contributed by atoms with van der Waals surface area (Å²) < 4.78 is 5.06. The zero-order valence-electron chi connectivity index (χ0n) is 8.08. The molecule has 3 nitrogen and oxygen atoms in total. The Hall–Kier alpha value is -1.66. The van der Waals surface area contributed by atoms with E-state index in [2.05, 4.69) is 11.8 Å². The van der Waals surface area contributed by atoms with Gasteiger partial charge in [-0.2, -0.15) is 0 Å². The highest BCUT2D eigenvalue weighted by molar-refractivity contribution is 5.49. The van der Waals surface area contributed by atoms with Gasteiger partial charge in [0.15, 0.2) is 0 Å². The first-order valence-electron chi connectivity index (χ1n) is 4.34. The lowest BCUT2D eigenvalue weighted by molar-refractivity contribution is 0.406. The predicted molar refractivity (Wildman–Crippen MR) is 55.2 cm³/mol. The number of benzene rings is 1. The maximum absolute atomic E-state index is 9.19. The first kappa shape index (κ1) is 10.4. The second kappa shape index (κ2) is 5.15. The molecule has 0 aromatic heterocycles. The molecular formula is C11H13NO2. The third-order valence-electron chi connectivity index (χ3n) is 1.68. The Kier molecular flexibility index (Phi) is 3.84. The summed E-state index contributed by atoms with van der Waals surface area (Å²) in [6.45, 7) is 0.549. The Morgan fingerprint density at radius 2 is 2.29 bits per heavy atom. The normalized spacial score (nSPS) is 9.00. The molecule has 1 rings (SSSR count). The number of methoxy groups -OCH3 is 1. The van der Waals surface area contributed by atoms with Crippen molar-refractivity contribution in [2.75, 3.05) is 13.7 Å². The van der Waals surface area contributed by atoms with Crippen LogP contribution in [0, 0.1) is 11.8 Å². The van der Waals surface area contributed by atoms with E-state index in [-0.39, 0.29) is 5.75 Å². The molecule has 0 bridgehead atoms. The van der Waals surface area contributed by atoms with E-state index < -0.39 is 0 Å². The van der Waals surface area contributed by atoms with Gasteiger partial charge in [-0.1, -0.05) is 11.8 Å². The molecule has 0 aliphatic heterocycles. The van der Waals surface area contributed by atoms with Gasteiger partial charge < -0.3 is 15.6 Å². The smallest absolute Gasteiger partial charge is 0.138 e. The minimum Gasteiger partial charge on any atom is -0.508 e. The Morgan fingerprint density at radius 3 is 2.93 bits per heavy atom. The van der Waals surface area contributed by atoms with E-state index in [9.17, 15) is 5.11 Å². The summed E-state index contributed by atoms with van der Waals surface area (Å²) in [5, 5.41) is 9.19. The summed E-state index contributed by atoms with van der Waals surface area (Å²) >= 11 is 0. The topological polar surface area (TPSA) is 55.5 Å². The van der Waals surface area contributed by atoms with Crippen molar-refractivity contribution >= 4 is 0 Å². The van der Waals surface area contributed by atoms with Crippen molar-refractivity contribution in [2.45, 2.75) is 6.42 Å². The molecule has 0 heterocycles. The highest BCUT2D eigenvalue weighted by Crippen LogP contribution is 2.22. The molecule has 0 radical (unpaired) electrons. The van der Waals surface area contributed by atoms with Crippen LogP contribution in [0.5, 0.6) is 11.5 Å². The summed E-state index contributed by atoms with van der Waals surface area (Å²) in [5.41, 5.74) is 6.08. The largest absolute Gasteiger partial charge is 0.508 e. The van der Waals surface area contributed by atoms with Crippen molar-refractivity contribution in [1.29, 1.82) is 0 Å². The Morgan fingerprint density at radius 1 is 1.50 bits per heavy atom. The average Bonchev–Trinajstić information content (AvgIpc) is 2.20. The first-order valence-corrected chi connectivity index (χ1v) is 4.34. The van der Waals surface area contributed by atoms with Gasteiger partial charge in [0.1, 0.15) is 11.5 Å². The van der Waals surface area contributed by atoms with Gasteiger partial charge in [-0.05, 0) is 12.1 Å². The summed E-state index contributed by atoms with van der Waals surface area (Å²) in [6, 6.07) is 4.83. The molecule has 1 aromatic rings. The number of nitrogens with two attached hydrogens (primary N) is 1. The number of hydrogen-bond acceptors (Lipinski definition) is 3. The van der Waals surface area contributed by atoms with Crippen LogP contribution in [0.25, 0.3) is 0 Å². The van der Waals surface area contributed by atoms with Crippen LogP contribution < -0.4 is 10.5 Å². The van der Waals surface area contributed by atoms with E-state index in [1.54, 1.807) is 19.2 Å². The van der Waals surface area contributed by atoms with Crippen LogP contribution in [0.15, 0.2) is 18.2 Å². The van der Waals surface area contributed by atoms with Crippen LogP contribution in [0.4, 0.5) is 0 Å². The van der Waals surface area contributed by atoms with Crippen molar-refractivity contribution < 1.29 is 9.84 Å². The fraction of sp³-hybridized carbons (Fsp3) is 0.273. The van der Waals surface area contributed by atoms with E-state index in [4.69, 9.17) is 10.5 Å². The fourth-order valence-corrected chi connectivity index (χ4v) is 1.01. The van der Waals surface area contributed by atoms with Gasteiger partial charge in [0.2, 0.25) is 0 Å². The molecule has 0 atom stereocenters. The van der Waals surface area contributed by atoms with Gasteiger partial charge in [0, 0.05) is 19.0 Å². The Bertz CT molecular complexity index is 363. The van der Waals surface area contributed by atoms with Gasteiger partial charge in [-0.3, -0.25) is 0 Å². The lowest BCUT2D eigenvalue weighted by atomic mass is 10.2. The number of rotatable bonds is 2. The monoisotopic (exact) mass is 191 g/mol. The van der Waals surface area contributed by atoms with Gasteiger partial charge in [-0.25, -0.2) is 0 Å². The van der Waals surface area contributed by atoms with Crippen molar-refractivity contribution in [2.24, 2.45) is 5.73 Å². The molecule has 74 valence electrons. The van der Waals surface area contributed by atoms with Crippen LogP contribution >= 0.6 is 0 Å². The molecule has 0 unspecified atom stereocenters. The molecular weight excluding hydrogens is 178 g/mol. The van der Waals surface area contributed by atoms with Crippen LogP contribution in [0.2, 0.25) is 0 Å². The zero-order chi connectivity index (χ0) is 10.4. The van der Waals surface area contributed by atoms with Crippen molar-refractivity contribution in [3.05, 3.63) is 23.8 Å². The molecule has 3 N–H and O–H groups in total. The van der Waals surface area contributed by atoms with E-state index in [1.165, 1.54) is 6.07 Å². The van der Waals surface area contributed by atoms with Crippen molar-refractivity contribution in [3.63, 3.8) is 0 Å². The molecule has 0 spiro atoms. The number of phenolic OH excluding ortho intramolecular Hbond substituents is 1. The highest BCUT2D eigenvalue weighted by Gasteiger charge is 2.00. The SMILES string of the molecule is COc1cc(O)ccc1C#CCCN. The van der Waals surface area contributed by atoms with Crippen molar-refractivity contribution in [1.82, 2.24) is 0 Å². The molecule has 3 heteroatoms. The standard InChI is InChI=1S/C11H13NO2/c1-14-11-8-10(13)6-5-9(11)4-2-3-7-12/h5-6,8,13H,3,7,12H2,1H3. The summed E-state index contributed by atoms with van der Waals surface area (Å²) in [7, 11) is 1.54. The second-order valence-electron chi connectivity index (χ2n) is 2.73. The molecule has 0 fully saturated rings. The predicted octanol–water partition coefficient (Wildman–Crippen LogP) is 1.10. The van der Waals surface area contributed by atoms with Crippen molar-refractivity contribution in [3.8, 4) is 23.3 Å². The van der Waals surface area contributed by atoms with Crippen LogP contribution in [-0.2, 0) is 0 Å². The zero-order valence-corrected chi connectivity index (χ0v) is 8.08. The van der Waals surface area contributed by atoms with Gasteiger partial charge in [-0.15, -0.1) is 0 Å². The van der Waals surface area contributed by atoms with E-state index in [1.807, 2.05) is 0 Å². The minimum atomic E-state index is 0.172. The molecule has 0 aliphatic rings. The average molecular weight is 191 g/mol. The van der Waals surface area contributed by atoms with E-state index in [0.717, 1.165) is 5.56 Å². The summed E-state index contributed by atoms with van der Waals surface area (Å²) in [6.07, 6.45) is 0.657. The summed E-state index contributed by atoms with van der Waals surface area (Å²) in [4.78, 5) is 0. The first-order chi connectivity index (χ1) is 6.77. The quantitative estimate of drug-likeness (QED) is 0.688. The van der Waals surface area contributed by atoms with Gasteiger partial charge in [0.05, 0.1) is 12.7 Å². The second-order valence-corrected chi connectivity index (χ2v) is 2.73.